The molecule has 0 saturated carbocycles. The molecule has 0 spiro atoms. The van der Waals surface area contributed by atoms with Crippen LogP contribution in [0, 0.1) is 0 Å². The van der Waals surface area contributed by atoms with Gasteiger partial charge in [-0.15, -0.1) is 0 Å². The third-order valence-electron chi connectivity index (χ3n) is 1.58. The van der Waals surface area contributed by atoms with Crippen LogP contribution in [-0.4, -0.2) is 20.6 Å². The maximum absolute atomic E-state index is 10.6. The first-order chi connectivity index (χ1) is 6.59. The zero-order valence-electron chi connectivity index (χ0n) is 6.57. The van der Waals surface area contributed by atoms with E-state index in [-0.39, 0.29) is 16.4 Å². The van der Waals surface area contributed by atoms with Crippen molar-refractivity contribution in [3.63, 3.8) is 0 Å². The van der Waals surface area contributed by atoms with Gasteiger partial charge in [0.15, 0.2) is 5.65 Å². The standard InChI is InChI=1S/C7H3BrClN3O2/c8-3-1-10-6-4(9)5(7(13)14)11-12(6)2-3/h1-2H,(H,13,14)/p-1. The van der Waals surface area contributed by atoms with Gasteiger partial charge in [-0.05, 0) is 15.9 Å². The quantitative estimate of drug-likeness (QED) is 0.760. The first-order valence-corrected chi connectivity index (χ1v) is 4.67. The van der Waals surface area contributed by atoms with Gasteiger partial charge < -0.3 is 9.90 Å². The Morgan fingerprint density at radius 2 is 2.36 bits per heavy atom. The molecule has 2 rings (SSSR count). The van der Waals surface area contributed by atoms with Crippen LogP contribution >= 0.6 is 27.5 Å². The summed E-state index contributed by atoms with van der Waals surface area (Å²) in [6, 6.07) is 0. The molecule has 14 heavy (non-hydrogen) atoms. The van der Waals surface area contributed by atoms with E-state index in [0.717, 1.165) is 0 Å². The molecule has 2 aromatic rings. The summed E-state index contributed by atoms with van der Waals surface area (Å²) < 4.78 is 1.95. The lowest BCUT2D eigenvalue weighted by Crippen LogP contribution is -2.23. The van der Waals surface area contributed by atoms with Gasteiger partial charge in [0, 0.05) is 12.4 Å². The summed E-state index contributed by atoms with van der Waals surface area (Å²) in [5.41, 5.74) is -0.0219. The third kappa shape index (κ3) is 1.36. The van der Waals surface area contributed by atoms with Crippen molar-refractivity contribution < 1.29 is 9.90 Å². The molecular formula is C7H2BrClN3O2-. The van der Waals surface area contributed by atoms with Crippen LogP contribution in [0.15, 0.2) is 16.9 Å². The van der Waals surface area contributed by atoms with E-state index in [1.54, 1.807) is 6.20 Å². The lowest BCUT2D eigenvalue weighted by atomic mass is 10.4. The Morgan fingerprint density at radius 3 is 3.00 bits per heavy atom. The van der Waals surface area contributed by atoms with Crippen LogP contribution in [0.2, 0.25) is 5.02 Å². The molecule has 2 aromatic heterocycles. The molecule has 0 atom stereocenters. The normalized spacial score (nSPS) is 10.7. The van der Waals surface area contributed by atoms with Gasteiger partial charge in [-0.25, -0.2) is 9.50 Å². The molecule has 0 aliphatic carbocycles. The van der Waals surface area contributed by atoms with Crippen LogP contribution in [0.1, 0.15) is 10.5 Å². The third-order valence-corrected chi connectivity index (χ3v) is 2.34. The Labute approximate surface area is 91.4 Å². The van der Waals surface area contributed by atoms with Crippen molar-refractivity contribution in [3.05, 3.63) is 27.6 Å². The maximum Gasteiger partial charge on any atom is 0.174 e. The van der Waals surface area contributed by atoms with E-state index in [9.17, 15) is 9.90 Å². The van der Waals surface area contributed by atoms with Crippen molar-refractivity contribution in [3.8, 4) is 0 Å². The number of carbonyl (C=O) groups excluding carboxylic acids is 1. The highest BCUT2D eigenvalue weighted by atomic mass is 79.9. The Balaban J connectivity index is 2.79. The number of carboxylic acids is 1. The highest BCUT2D eigenvalue weighted by Crippen LogP contribution is 2.20. The van der Waals surface area contributed by atoms with Gasteiger partial charge >= 0.3 is 0 Å². The Kier molecular flexibility index (Phi) is 2.16. The molecule has 2 heterocycles. The number of fused-ring (bicyclic) bond motifs is 1. The van der Waals surface area contributed by atoms with Gasteiger partial charge in [-0.2, -0.15) is 5.10 Å². The molecule has 0 saturated heterocycles. The van der Waals surface area contributed by atoms with Crippen molar-refractivity contribution >= 4 is 39.1 Å². The average molecular weight is 275 g/mol. The van der Waals surface area contributed by atoms with Crippen LogP contribution in [0.5, 0.6) is 0 Å². The summed E-state index contributed by atoms with van der Waals surface area (Å²) in [4.78, 5) is 14.5. The van der Waals surface area contributed by atoms with E-state index in [2.05, 4.69) is 26.0 Å². The summed E-state index contributed by atoms with van der Waals surface area (Å²) in [6.07, 6.45) is 3.06. The van der Waals surface area contributed by atoms with Gasteiger partial charge in [-0.3, -0.25) is 0 Å². The lowest BCUT2D eigenvalue weighted by Gasteiger charge is -1.93. The Morgan fingerprint density at radius 1 is 1.64 bits per heavy atom. The zero-order chi connectivity index (χ0) is 10.3. The zero-order valence-corrected chi connectivity index (χ0v) is 8.91. The number of aromatic carboxylic acids is 1. The second kappa shape index (κ2) is 3.21. The average Bonchev–Trinajstić information content (AvgIpc) is 2.43. The second-order valence-electron chi connectivity index (χ2n) is 2.49. The number of halogens is 2. The number of aromatic nitrogens is 3. The molecule has 0 radical (unpaired) electrons. The van der Waals surface area contributed by atoms with Crippen LogP contribution < -0.4 is 5.11 Å². The molecule has 5 nitrogen and oxygen atoms in total. The number of carboxylic acid groups (broad SMARTS) is 1. The van der Waals surface area contributed by atoms with Gasteiger partial charge in [0.1, 0.15) is 10.7 Å². The predicted molar refractivity (Wildman–Crippen MR) is 50.0 cm³/mol. The van der Waals surface area contributed by atoms with Gasteiger partial charge in [0.05, 0.1) is 10.4 Å². The van der Waals surface area contributed by atoms with E-state index >= 15 is 0 Å². The minimum atomic E-state index is -1.42. The SMILES string of the molecule is O=C([O-])c1nn2cc(Br)cnc2c1Cl. The topological polar surface area (TPSA) is 70.3 Å². The molecule has 0 amide bonds. The second-order valence-corrected chi connectivity index (χ2v) is 3.78. The fourth-order valence-electron chi connectivity index (χ4n) is 1.01. The van der Waals surface area contributed by atoms with Crippen molar-refractivity contribution in [2.45, 2.75) is 0 Å². The molecular weight excluding hydrogens is 273 g/mol. The van der Waals surface area contributed by atoms with Crippen molar-refractivity contribution in [2.75, 3.05) is 0 Å². The van der Waals surface area contributed by atoms with Gasteiger partial charge in [0.25, 0.3) is 0 Å². The molecule has 0 N–H and O–H groups in total. The van der Waals surface area contributed by atoms with E-state index < -0.39 is 5.97 Å². The van der Waals surface area contributed by atoms with Crippen LogP contribution in [-0.2, 0) is 0 Å². The number of hydrogen-bond donors (Lipinski definition) is 0. The summed E-state index contributed by atoms with van der Waals surface area (Å²) in [6.45, 7) is 0. The minimum Gasteiger partial charge on any atom is -0.543 e. The first-order valence-electron chi connectivity index (χ1n) is 3.50. The van der Waals surface area contributed by atoms with Crippen LogP contribution in [0.4, 0.5) is 0 Å². The van der Waals surface area contributed by atoms with Gasteiger partial charge in [0.2, 0.25) is 0 Å². The van der Waals surface area contributed by atoms with Crippen LogP contribution in [0.25, 0.3) is 5.65 Å². The van der Waals surface area contributed by atoms with E-state index in [4.69, 9.17) is 11.6 Å². The maximum atomic E-state index is 10.6. The van der Waals surface area contributed by atoms with E-state index in [1.165, 1.54) is 10.7 Å². The molecule has 7 heteroatoms. The molecule has 0 fully saturated rings. The van der Waals surface area contributed by atoms with Crippen molar-refractivity contribution in [1.29, 1.82) is 0 Å². The van der Waals surface area contributed by atoms with E-state index in [1.807, 2.05) is 0 Å². The summed E-state index contributed by atoms with van der Waals surface area (Å²) in [5.74, 6) is -1.42. The summed E-state index contributed by atoms with van der Waals surface area (Å²) in [5, 5.41) is 14.3. The van der Waals surface area contributed by atoms with Crippen molar-refractivity contribution in [2.24, 2.45) is 0 Å². The van der Waals surface area contributed by atoms with Crippen molar-refractivity contribution in [1.82, 2.24) is 14.6 Å². The summed E-state index contributed by atoms with van der Waals surface area (Å²) >= 11 is 8.90. The fraction of sp³-hybridized carbons (Fsp3) is 0. The highest BCUT2D eigenvalue weighted by molar-refractivity contribution is 9.10. The Bertz CT molecular complexity index is 525. The number of hydrogen-bond acceptors (Lipinski definition) is 4. The Hall–Kier alpha value is -1.14. The number of carbonyl (C=O) groups is 1. The fourth-order valence-corrected chi connectivity index (χ4v) is 1.56. The number of nitrogens with zero attached hydrogens (tertiary/aromatic N) is 3. The molecule has 0 aromatic carbocycles. The first kappa shape index (κ1) is 9.42. The molecule has 0 aliphatic heterocycles. The van der Waals surface area contributed by atoms with E-state index in [0.29, 0.717) is 4.47 Å². The highest BCUT2D eigenvalue weighted by Gasteiger charge is 2.12. The monoisotopic (exact) mass is 274 g/mol. The largest absolute Gasteiger partial charge is 0.543 e. The number of rotatable bonds is 1. The summed E-state index contributed by atoms with van der Waals surface area (Å²) in [7, 11) is 0. The molecule has 0 aliphatic rings. The molecule has 0 unspecified atom stereocenters. The predicted octanol–water partition coefficient (Wildman–Crippen LogP) is 0.509. The molecule has 0 bridgehead atoms. The smallest absolute Gasteiger partial charge is 0.174 e. The molecule has 72 valence electrons. The lowest BCUT2D eigenvalue weighted by molar-refractivity contribution is -0.255. The van der Waals surface area contributed by atoms with Crippen LogP contribution in [0.3, 0.4) is 0 Å². The van der Waals surface area contributed by atoms with Gasteiger partial charge in [-0.1, -0.05) is 11.6 Å². The minimum absolute atomic E-state index is 0.0162.